The van der Waals surface area contributed by atoms with Gasteiger partial charge in [0.05, 0.1) is 23.9 Å². The lowest BCUT2D eigenvalue weighted by Crippen LogP contribution is -2.51. The molecule has 5 nitrogen and oxygen atoms in total. The van der Waals surface area contributed by atoms with Crippen LogP contribution in [0, 0.1) is 11.3 Å². The highest BCUT2D eigenvalue weighted by Crippen LogP contribution is 2.16. The quantitative estimate of drug-likeness (QED) is 0.827. The van der Waals surface area contributed by atoms with Gasteiger partial charge in [-0.2, -0.15) is 5.26 Å². The molecule has 19 heavy (non-hydrogen) atoms. The van der Waals surface area contributed by atoms with Crippen LogP contribution >= 0.6 is 0 Å². The Balaban J connectivity index is 1.99. The number of furan rings is 1. The van der Waals surface area contributed by atoms with Crippen molar-refractivity contribution in [3.05, 3.63) is 23.7 Å². The molecule has 1 aliphatic rings. The van der Waals surface area contributed by atoms with E-state index in [0.29, 0.717) is 18.7 Å². The summed E-state index contributed by atoms with van der Waals surface area (Å²) in [7, 11) is 0. The van der Waals surface area contributed by atoms with Gasteiger partial charge >= 0.3 is 0 Å². The molecule has 102 valence electrons. The molecule has 5 heteroatoms. The summed E-state index contributed by atoms with van der Waals surface area (Å²) in [6.45, 7) is 6.70. The third-order valence-corrected chi connectivity index (χ3v) is 3.63. The fourth-order valence-electron chi connectivity index (χ4n) is 2.37. The number of rotatable bonds is 3. The maximum absolute atomic E-state index is 12.4. The average molecular weight is 261 g/mol. The number of hydrogen-bond donors (Lipinski definition) is 0. The van der Waals surface area contributed by atoms with Crippen LogP contribution < -0.4 is 0 Å². The second kappa shape index (κ2) is 5.89. The van der Waals surface area contributed by atoms with Crippen LogP contribution in [0.5, 0.6) is 0 Å². The van der Waals surface area contributed by atoms with E-state index in [1.807, 2.05) is 18.7 Å². The van der Waals surface area contributed by atoms with Gasteiger partial charge in [-0.25, -0.2) is 0 Å². The minimum atomic E-state index is -0.0858. The number of aryl methyl sites for hydroxylation is 1. The molecule has 2 heterocycles. The van der Waals surface area contributed by atoms with Gasteiger partial charge in [0.2, 0.25) is 0 Å². The van der Waals surface area contributed by atoms with E-state index in [1.165, 1.54) is 0 Å². The number of carbonyl (C=O) groups is 1. The Hall–Kier alpha value is -1.80. The van der Waals surface area contributed by atoms with Crippen LogP contribution in [0.1, 0.15) is 30.0 Å². The van der Waals surface area contributed by atoms with Crippen LogP contribution in [0.4, 0.5) is 0 Å². The lowest BCUT2D eigenvalue weighted by molar-refractivity contribution is 0.0613. The third-order valence-electron chi connectivity index (χ3n) is 3.63. The molecule has 1 saturated heterocycles. The van der Waals surface area contributed by atoms with Crippen LogP contribution in [0.25, 0.3) is 0 Å². The lowest BCUT2D eigenvalue weighted by atomic mass is 10.1. The van der Waals surface area contributed by atoms with Crippen LogP contribution in [0.2, 0.25) is 0 Å². The van der Waals surface area contributed by atoms with Gasteiger partial charge in [0.25, 0.3) is 5.91 Å². The summed E-state index contributed by atoms with van der Waals surface area (Å²) < 4.78 is 5.30. The van der Waals surface area contributed by atoms with Gasteiger partial charge in [-0.05, 0) is 13.0 Å². The first-order valence-corrected chi connectivity index (χ1v) is 6.66. The first-order chi connectivity index (χ1) is 9.17. The van der Waals surface area contributed by atoms with Gasteiger partial charge in [-0.1, -0.05) is 6.92 Å². The summed E-state index contributed by atoms with van der Waals surface area (Å²) in [5, 5.41) is 8.90. The Bertz CT molecular complexity index is 481. The monoisotopic (exact) mass is 261 g/mol. The molecule has 1 unspecified atom stereocenters. The molecule has 1 fully saturated rings. The van der Waals surface area contributed by atoms with Crippen LogP contribution in [-0.4, -0.2) is 47.9 Å². The average Bonchev–Trinajstić information content (AvgIpc) is 2.94. The molecule has 0 radical (unpaired) electrons. The summed E-state index contributed by atoms with van der Waals surface area (Å²) in [5.41, 5.74) is 0.671. The molecule has 1 atom stereocenters. The van der Waals surface area contributed by atoms with Crippen molar-refractivity contribution in [3.63, 3.8) is 0 Å². The van der Waals surface area contributed by atoms with E-state index in [0.717, 1.165) is 25.3 Å². The fourth-order valence-corrected chi connectivity index (χ4v) is 2.37. The zero-order chi connectivity index (χ0) is 13.8. The Morgan fingerprint density at radius 2 is 2.16 bits per heavy atom. The van der Waals surface area contributed by atoms with Crippen molar-refractivity contribution in [2.75, 3.05) is 26.2 Å². The number of piperazine rings is 1. The molecule has 0 aliphatic carbocycles. The summed E-state index contributed by atoms with van der Waals surface area (Å²) in [4.78, 5) is 16.3. The molecule has 0 spiro atoms. The van der Waals surface area contributed by atoms with Crippen LogP contribution in [0.15, 0.2) is 16.7 Å². The first kappa shape index (κ1) is 13.6. The molecule has 0 bridgehead atoms. The van der Waals surface area contributed by atoms with Crippen molar-refractivity contribution in [2.45, 2.75) is 26.3 Å². The molecular formula is C14H19N3O2. The van der Waals surface area contributed by atoms with E-state index in [2.05, 4.69) is 11.0 Å². The summed E-state index contributed by atoms with van der Waals surface area (Å²) >= 11 is 0. The number of nitrogens with zero attached hydrogens (tertiary/aromatic N) is 3. The maximum Gasteiger partial charge on any atom is 0.257 e. The molecule has 1 amide bonds. The van der Waals surface area contributed by atoms with Crippen molar-refractivity contribution in [1.29, 1.82) is 5.26 Å². The van der Waals surface area contributed by atoms with Crippen molar-refractivity contribution < 1.29 is 9.21 Å². The normalized spacial score (nSPS) is 18.1. The Morgan fingerprint density at radius 3 is 2.74 bits per heavy atom. The number of nitriles is 1. The lowest BCUT2D eigenvalue weighted by Gasteiger charge is -2.35. The highest BCUT2D eigenvalue weighted by atomic mass is 16.3. The first-order valence-electron chi connectivity index (χ1n) is 6.66. The summed E-state index contributed by atoms with van der Waals surface area (Å²) in [6, 6.07) is 3.89. The summed E-state index contributed by atoms with van der Waals surface area (Å²) in [6.07, 6.45) is 2.29. The zero-order valence-electron chi connectivity index (χ0n) is 11.4. The second-order valence-corrected chi connectivity index (χ2v) is 4.74. The number of carbonyl (C=O) groups excluding carboxylic acids is 1. The summed E-state index contributed by atoms with van der Waals surface area (Å²) in [5.74, 6) is 0.785. The molecule has 1 aromatic heterocycles. The zero-order valence-corrected chi connectivity index (χ0v) is 11.4. The molecule has 1 aromatic rings. The fraction of sp³-hybridized carbons (Fsp3) is 0.571. The van der Waals surface area contributed by atoms with Gasteiger partial charge in [0.15, 0.2) is 0 Å². The third kappa shape index (κ3) is 2.79. The number of amides is 1. The van der Waals surface area contributed by atoms with Crippen LogP contribution in [0.3, 0.4) is 0 Å². The largest absolute Gasteiger partial charge is 0.469 e. The topological polar surface area (TPSA) is 60.5 Å². The van der Waals surface area contributed by atoms with E-state index < -0.39 is 0 Å². The van der Waals surface area contributed by atoms with E-state index in [-0.39, 0.29) is 11.9 Å². The molecule has 0 saturated carbocycles. The second-order valence-electron chi connectivity index (χ2n) is 4.74. The SMILES string of the molecule is CCc1occc1C(=O)N1CCN(C(C)C#N)CC1. The van der Waals surface area contributed by atoms with Crippen molar-refractivity contribution in [2.24, 2.45) is 0 Å². The molecule has 0 aromatic carbocycles. The van der Waals surface area contributed by atoms with Crippen molar-refractivity contribution >= 4 is 5.91 Å². The minimum Gasteiger partial charge on any atom is -0.469 e. The standard InChI is InChI=1S/C14H19N3O2/c1-3-13-12(4-9-19-13)14(18)17-7-5-16(6-8-17)11(2)10-15/h4,9,11H,3,5-8H2,1-2H3. The van der Waals surface area contributed by atoms with E-state index in [1.54, 1.807) is 12.3 Å². The number of hydrogen-bond acceptors (Lipinski definition) is 4. The van der Waals surface area contributed by atoms with Crippen molar-refractivity contribution in [3.8, 4) is 6.07 Å². The molecule has 1 aliphatic heterocycles. The van der Waals surface area contributed by atoms with Gasteiger partial charge in [-0.3, -0.25) is 9.69 Å². The van der Waals surface area contributed by atoms with Gasteiger partial charge < -0.3 is 9.32 Å². The van der Waals surface area contributed by atoms with Gasteiger partial charge in [0, 0.05) is 32.6 Å². The van der Waals surface area contributed by atoms with E-state index in [9.17, 15) is 4.79 Å². The van der Waals surface area contributed by atoms with Crippen molar-refractivity contribution in [1.82, 2.24) is 9.80 Å². The highest BCUT2D eigenvalue weighted by Gasteiger charge is 2.26. The predicted octanol–water partition coefficient (Wildman–Crippen LogP) is 1.51. The Morgan fingerprint density at radius 1 is 1.47 bits per heavy atom. The Labute approximate surface area is 113 Å². The van der Waals surface area contributed by atoms with Gasteiger partial charge in [-0.15, -0.1) is 0 Å². The van der Waals surface area contributed by atoms with E-state index >= 15 is 0 Å². The molecule has 2 rings (SSSR count). The van der Waals surface area contributed by atoms with E-state index in [4.69, 9.17) is 9.68 Å². The smallest absolute Gasteiger partial charge is 0.257 e. The molecule has 0 N–H and O–H groups in total. The molecular weight excluding hydrogens is 242 g/mol. The highest BCUT2D eigenvalue weighted by molar-refractivity contribution is 5.95. The predicted molar refractivity (Wildman–Crippen MR) is 70.6 cm³/mol. The van der Waals surface area contributed by atoms with Crippen LogP contribution in [-0.2, 0) is 6.42 Å². The van der Waals surface area contributed by atoms with Gasteiger partial charge in [0.1, 0.15) is 5.76 Å². The maximum atomic E-state index is 12.4. The minimum absolute atomic E-state index is 0.0369. The Kier molecular flexibility index (Phi) is 4.23.